The van der Waals surface area contributed by atoms with Gasteiger partial charge in [-0.2, -0.15) is 0 Å². The number of rotatable bonds is 5. The molecule has 0 aromatic heterocycles. The molecule has 0 spiro atoms. The summed E-state index contributed by atoms with van der Waals surface area (Å²) in [6, 6.07) is 11.3. The van der Waals surface area contributed by atoms with Gasteiger partial charge in [0.2, 0.25) is 0 Å². The number of halogens is 1. The van der Waals surface area contributed by atoms with E-state index in [4.69, 9.17) is 11.6 Å². The molecular formula is C21H23ClN2O3S. The number of aryl methyl sites for hydroxylation is 1. The van der Waals surface area contributed by atoms with Gasteiger partial charge in [-0.05, 0) is 86.1 Å². The Balaban J connectivity index is 1.46. The number of hydrogen-bond donors (Lipinski definition) is 2. The van der Waals surface area contributed by atoms with Crippen LogP contribution in [0.3, 0.4) is 0 Å². The number of benzene rings is 2. The van der Waals surface area contributed by atoms with E-state index in [1.54, 1.807) is 25.1 Å². The lowest BCUT2D eigenvalue weighted by Gasteiger charge is -2.23. The fourth-order valence-electron chi connectivity index (χ4n) is 4.41. The van der Waals surface area contributed by atoms with Crippen molar-refractivity contribution in [3.63, 3.8) is 0 Å². The smallest absolute Gasteiger partial charge is 0.261 e. The van der Waals surface area contributed by atoms with E-state index in [0.717, 1.165) is 12.3 Å². The number of amides is 1. The second kappa shape index (κ2) is 7.41. The third-order valence-electron chi connectivity index (χ3n) is 5.91. The van der Waals surface area contributed by atoms with Gasteiger partial charge < -0.3 is 5.32 Å². The van der Waals surface area contributed by atoms with Crippen molar-refractivity contribution in [3.8, 4) is 0 Å². The average Bonchev–Trinajstić information content (AvgIpc) is 3.26. The van der Waals surface area contributed by atoms with Crippen LogP contribution in [0.5, 0.6) is 0 Å². The lowest BCUT2D eigenvalue weighted by atomic mass is 9.95. The highest BCUT2D eigenvalue weighted by molar-refractivity contribution is 7.92. The SMILES string of the molecule is Cc1cc(C(=O)N[C@@H]2C[C@H]3CC[C@H]2C3)ccc1NS(=O)(=O)c1ccc(Cl)cc1. The molecule has 148 valence electrons. The quantitative estimate of drug-likeness (QED) is 0.757. The topological polar surface area (TPSA) is 75.3 Å². The minimum atomic E-state index is -3.72. The van der Waals surface area contributed by atoms with Crippen LogP contribution < -0.4 is 10.0 Å². The molecule has 28 heavy (non-hydrogen) atoms. The molecule has 7 heteroatoms. The molecule has 2 aliphatic carbocycles. The summed E-state index contributed by atoms with van der Waals surface area (Å²) in [4.78, 5) is 12.8. The minimum Gasteiger partial charge on any atom is -0.349 e. The maximum atomic E-state index is 12.6. The number of fused-ring (bicyclic) bond motifs is 2. The van der Waals surface area contributed by atoms with Gasteiger partial charge in [-0.25, -0.2) is 8.42 Å². The summed E-state index contributed by atoms with van der Waals surface area (Å²) in [6.45, 7) is 1.79. The second-order valence-corrected chi connectivity index (χ2v) is 9.96. The third kappa shape index (κ3) is 3.89. The fraction of sp³-hybridized carbons (Fsp3) is 0.381. The zero-order chi connectivity index (χ0) is 19.9. The average molecular weight is 419 g/mol. The highest BCUT2D eigenvalue weighted by atomic mass is 35.5. The summed E-state index contributed by atoms with van der Waals surface area (Å²) in [7, 11) is -3.72. The zero-order valence-electron chi connectivity index (χ0n) is 15.6. The maximum Gasteiger partial charge on any atom is 0.261 e. The molecule has 0 aliphatic heterocycles. The summed E-state index contributed by atoms with van der Waals surface area (Å²) >= 11 is 5.82. The Kier molecular flexibility index (Phi) is 5.10. The van der Waals surface area contributed by atoms with E-state index in [2.05, 4.69) is 10.0 Å². The largest absolute Gasteiger partial charge is 0.349 e. The first-order valence-corrected chi connectivity index (χ1v) is 11.4. The van der Waals surface area contributed by atoms with Crippen LogP contribution in [0.1, 0.15) is 41.6 Å². The number of carbonyl (C=O) groups excluding carboxylic acids is 1. The van der Waals surface area contributed by atoms with E-state index >= 15 is 0 Å². The summed E-state index contributed by atoms with van der Waals surface area (Å²) in [6.07, 6.45) is 4.81. The molecule has 2 fully saturated rings. The summed E-state index contributed by atoms with van der Waals surface area (Å²) in [5, 5.41) is 3.64. The van der Waals surface area contributed by atoms with Crippen LogP contribution in [-0.4, -0.2) is 20.4 Å². The van der Waals surface area contributed by atoms with Crippen molar-refractivity contribution in [2.24, 2.45) is 11.8 Å². The van der Waals surface area contributed by atoms with Crippen LogP contribution >= 0.6 is 11.6 Å². The van der Waals surface area contributed by atoms with E-state index in [1.165, 1.54) is 43.5 Å². The molecule has 2 aromatic carbocycles. The molecular weight excluding hydrogens is 396 g/mol. The summed E-state index contributed by atoms with van der Waals surface area (Å²) in [5.74, 6) is 1.29. The van der Waals surface area contributed by atoms with Gasteiger partial charge in [-0.1, -0.05) is 18.0 Å². The van der Waals surface area contributed by atoms with Crippen LogP contribution in [0.4, 0.5) is 5.69 Å². The van der Waals surface area contributed by atoms with Crippen molar-refractivity contribution in [2.75, 3.05) is 4.72 Å². The second-order valence-electron chi connectivity index (χ2n) is 7.84. The fourth-order valence-corrected chi connectivity index (χ4v) is 5.67. The summed E-state index contributed by atoms with van der Waals surface area (Å²) < 4.78 is 27.7. The molecule has 2 N–H and O–H groups in total. The van der Waals surface area contributed by atoms with Crippen molar-refractivity contribution in [1.29, 1.82) is 0 Å². The predicted octanol–water partition coefficient (Wildman–Crippen LogP) is 4.37. The monoisotopic (exact) mass is 418 g/mol. The lowest BCUT2D eigenvalue weighted by molar-refractivity contribution is 0.0923. The van der Waals surface area contributed by atoms with Crippen LogP contribution in [0, 0.1) is 18.8 Å². The van der Waals surface area contributed by atoms with Crippen molar-refractivity contribution in [3.05, 3.63) is 58.6 Å². The van der Waals surface area contributed by atoms with Gasteiger partial charge in [-0.3, -0.25) is 9.52 Å². The van der Waals surface area contributed by atoms with Gasteiger partial charge in [0, 0.05) is 16.6 Å². The van der Waals surface area contributed by atoms with E-state index < -0.39 is 10.0 Å². The maximum absolute atomic E-state index is 12.6. The van der Waals surface area contributed by atoms with Crippen molar-refractivity contribution in [2.45, 2.75) is 43.5 Å². The first kappa shape index (κ1) is 19.3. The van der Waals surface area contributed by atoms with Gasteiger partial charge in [0.15, 0.2) is 0 Å². The molecule has 1 amide bonds. The van der Waals surface area contributed by atoms with Crippen molar-refractivity contribution < 1.29 is 13.2 Å². The molecule has 0 heterocycles. The molecule has 2 aromatic rings. The van der Waals surface area contributed by atoms with Gasteiger partial charge in [0.25, 0.3) is 15.9 Å². The molecule has 0 unspecified atom stereocenters. The van der Waals surface area contributed by atoms with Crippen LogP contribution in [0.2, 0.25) is 5.02 Å². The molecule has 0 radical (unpaired) electrons. The van der Waals surface area contributed by atoms with Crippen molar-refractivity contribution >= 4 is 33.2 Å². The minimum absolute atomic E-state index is 0.0900. The lowest BCUT2D eigenvalue weighted by Crippen LogP contribution is -2.38. The first-order chi connectivity index (χ1) is 13.3. The number of nitrogens with one attached hydrogen (secondary N) is 2. The standard InChI is InChI=1S/C21H23ClN2O3S/c1-13-10-16(21(25)23-20-12-14-2-3-15(20)11-14)4-9-19(13)24-28(26,27)18-7-5-17(22)6-8-18/h4-10,14-15,20,24H,2-3,11-12H2,1H3,(H,23,25)/t14-,15-,20+/m0/s1. The van der Waals surface area contributed by atoms with Crippen LogP contribution in [0.25, 0.3) is 0 Å². The highest BCUT2D eigenvalue weighted by Crippen LogP contribution is 2.44. The van der Waals surface area contributed by atoms with E-state index in [9.17, 15) is 13.2 Å². The Morgan fingerprint density at radius 2 is 1.82 bits per heavy atom. The molecule has 3 atom stereocenters. The molecule has 5 nitrogen and oxygen atoms in total. The highest BCUT2D eigenvalue weighted by Gasteiger charge is 2.40. The number of hydrogen-bond acceptors (Lipinski definition) is 3. The molecule has 4 rings (SSSR count). The Labute approximate surface area is 170 Å². The van der Waals surface area contributed by atoms with Gasteiger partial charge in [0.05, 0.1) is 10.6 Å². The van der Waals surface area contributed by atoms with Gasteiger partial charge >= 0.3 is 0 Å². The molecule has 2 bridgehead atoms. The van der Waals surface area contributed by atoms with Crippen LogP contribution in [-0.2, 0) is 10.0 Å². The third-order valence-corrected chi connectivity index (χ3v) is 7.54. The van der Waals surface area contributed by atoms with E-state index in [1.807, 2.05) is 0 Å². The number of sulfonamides is 1. The Morgan fingerprint density at radius 1 is 1.07 bits per heavy atom. The Bertz CT molecular complexity index is 1000. The zero-order valence-corrected chi connectivity index (χ0v) is 17.2. The normalized spacial score (nSPS) is 23.6. The Hall–Kier alpha value is -2.05. The van der Waals surface area contributed by atoms with Crippen LogP contribution in [0.15, 0.2) is 47.4 Å². The van der Waals surface area contributed by atoms with E-state index in [-0.39, 0.29) is 16.8 Å². The summed E-state index contributed by atoms with van der Waals surface area (Å²) in [5.41, 5.74) is 1.69. The predicted molar refractivity (Wildman–Crippen MR) is 110 cm³/mol. The Morgan fingerprint density at radius 3 is 2.43 bits per heavy atom. The van der Waals surface area contributed by atoms with E-state index in [0.29, 0.717) is 27.8 Å². The molecule has 2 saturated carbocycles. The molecule has 0 saturated heterocycles. The van der Waals surface area contributed by atoms with Gasteiger partial charge in [-0.15, -0.1) is 0 Å². The van der Waals surface area contributed by atoms with Crippen molar-refractivity contribution in [1.82, 2.24) is 5.32 Å². The van der Waals surface area contributed by atoms with Gasteiger partial charge in [0.1, 0.15) is 0 Å². The first-order valence-electron chi connectivity index (χ1n) is 9.52. The number of anilines is 1. The molecule has 2 aliphatic rings. The number of carbonyl (C=O) groups is 1.